The third-order valence-corrected chi connectivity index (χ3v) is 5.09. The molecule has 1 amide bonds. The van der Waals surface area contributed by atoms with E-state index in [0.717, 1.165) is 18.9 Å². The Bertz CT molecular complexity index is 696. The lowest BCUT2D eigenvalue weighted by molar-refractivity contribution is -0.138. The summed E-state index contributed by atoms with van der Waals surface area (Å²) in [5, 5.41) is 0. The molecule has 1 aromatic heterocycles. The van der Waals surface area contributed by atoms with E-state index in [1.54, 1.807) is 4.90 Å². The molecule has 3 rings (SSSR count). The van der Waals surface area contributed by atoms with Crippen LogP contribution in [0.3, 0.4) is 0 Å². The van der Waals surface area contributed by atoms with Crippen molar-refractivity contribution < 1.29 is 22.7 Å². The van der Waals surface area contributed by atoms with Crippen molar-refractivity contribution in [3.8, 4) is 0 Å². The zero-order valence-corrected chi connectivity index (χ0v) is 15.6. The first-order valence-electron chi connectivity index (χ1n) is 8.89. The molecule has 1 spiro atoms. The Kier molecular flexibility index (Phi) is 4.48. The molecule has 144 valence electrons. The van der Waals surface area contributed by atoms with Crippen LogP contribution in [0.15, 0.2) is 12.1 Å². The maximum atomic E-state index is 12.8. The van der Waals surface area contributed by atoms with Crippen molar-refractivity contribution in [2.24, 2.45) is 11.3 Å². The predicted octanol–water partition coefficient (Wildman–Crippen LogP) is 4.60. The number of likely N-dealkylation sites (tertiary alicyclic amines) is 1. The van der Waals surface area contributed by atoms with Crippen molar-refractivity contribution in [1.82, 2.24) is 9.88 Å². The molecular weight excluding hydrogens is 345 g/mol. The number of carbonyl (C=O) groups excluding carboxylic acids is 1. The Labute approximate surface area is 151 Å². The third kappa shape index (κ3) is 3.96. The number of pyridine rings is 1. The van der Waals surface area contributed by atoms with Crippen molar-refractivity contribution in [2.75, 3.05) is 13.1 Å². The Morgan fingerprint density at radius 1 is 1.27 bits per heavy atom. The van der Waals surface area contributed by atoms with E-state index in [2.05, 4.69) is 4.98 Å². The first-order valence-corrected chi connectivity index (χ1v) is 8.89. The monoisotopic (exact) mass is 370 g/mol. The summed E-state index contributed by atoms with van der Waals surface area (Å²) in [7, 11) is 0. The van der Waals surface area contributed by atoms with Crippen molar-refractivity contribution in [2.45, 2.75) is 58.7 Å². The first-order chi connectivity index (χ1) is 11.9. The molecule has 4 nitrogen and oxygen atoms in total. The van der Waals surface area contributed by atoms with E-state index in [4.69, 9.17) is 4.74 Å². The lowest BCUT2D eigenvalue weighted by atomic mass is 9.57. The van der Waals surface area contributed by atoms with Crippen LogP contribution in [0, 0.1) is 18.3 Å². The maximum Gasteiger partial charge on any atom is 0.418 e. The Balaban J connectivity index is 1.48. The molecule has 1 aromatic rings. The van der Waals surface area contributed by atoms with Crippen LogP contribution < -0.4 is 0 Å². The molecule has 0 bridgehead atoms. The summed E-state index contributed by atoms with van der Waals surface area (Å²) < 4.78 is 43.8. The van der Waals surface area contributed by atoms with Gasteiger partial charge in [-0.05, 0) is 65.0 Å². The Morgan fingerprint density at radius 3 is 2.38 bits per heavy atom. The molecule has 2 heterocycles. The molecule has 0 atom stereocenters. The topological polar surface area (TPSA) is 42.4 Å². The van der Waals surface area contributed by atoms with Gasteiger partial charge in [-0.25, -0.2) is 4.79 Å². The Morgan fingerprint density at radius 2 is 1.88 bits per heavy atom. The quantitative estimate of drug-likeness (QED) is 0.764. The molecule has 0 radical (unpaired) electrons. The van der Waals surface area contributed by atoms with Crippen LogP contribution in [0.2, 0.25) is 0 Å². The zero-order valence-electron chi connectivity index (χ0n) is 15.6. The highest BCUT2D eigenvalue weighted by Crippen LogP contribution is 2.53. The second-order valence-corrected chi connectivity index (χ2v) is 8.75. The van der Waals surface area contributed by atoms with E-state index in [9.17, 15) is 18.0 Å². The number of aryl methyl sites for hydroxylation is 1. The second kappa shape index (κ2) is 6.13. The molecule has 1 aliphatic carbocycles. The van der Waals surface area contributed by atoms with Crippen molar-refractivity contribution >= 4 is 6.09 Å². The summed E-state index contributed by atoms with van der Waals surface area (Å²) in [6.07, 6.45) is -1.98. The molecule has 7 heteroatoms. The predicted molar refractivity (Wildman–Crippen MR) is 90.6 cm³/mol. The lowest BCUT2D eigenvalue weighted by Crippen LogP contribution is -2.64. The molecule has 2 fully saturated rings. The standard InChI is InChI=1S/C19H25F3N2O2/c1-12-15(19(20,21)22)6-5-14(23-12)7-13-8-18(9-13)10-24(11-18)16(25)26-17(2,3)4/h5-6,13H,7-11H2,1-4H3. The number of aromatic nitrogens is 1. The van der Waals surface area contributed by atoms with Crippen molar-refractivity contribution in [3.63, 3.8) is 0 Å². The fourth-order valence-corrected chi connectivity index (χ4v) is 4.11. The molecule has 1 saturated carbocycles. The van der Waals surface area contributed by atoms with Crippen LogP contribution in [0.5, 0.6) is 0 Å². The van der Waals surface area contributed by atoms with Crippen LogP contribution in [0.1, 0.15) is 50.6 Å². The highest BCUT2D eigenvalue weighted by Gasteiger charge is 2.54. The van der Waals surface area contributed by atoms with Crippen molar-refractivity contribution in [1.29, 1.82) is 0 Å². The molecule has 1 saturated heterocycles. The number of alkyl halides is 3. The van der Waals surface area contributed by atoms with Gasteiger partial charge in [0, 0.05) is 29.9 Å². The molecule has 1 aliphatic heterocycles. The zero-order chi connectivity index (χ0) is 19.3. The van der Waals surface area contributed by atoms with E-state index >= 15 is 0 Å². The number of hydrogen-bond acceptors (Lipinski definition) is 3. The molecule has 2 aliphatic rings. The summed E-state index contributed by atoms with van der Waals surface area (Å²) in [6, 6.07) is 2.61. The second-order valence-electron chi connectivity index (χ2n) is 8.75. The minimum absolute atomic E-state index is 0.0313. The van der Waals surface area contributed by atoms with Crippen LogP contribution in [-0.4, -0.2) is 34.7 Å². The number of halogens is 3. The van der Waals surface area contributed by atoms with Gasteiger partial charge in [-0.15, -0.1) is 0 Å². The normalized spacial score (nSPS) is 19.9. The molecule has 0 N–H and O–H groups in total. The fraction of sp³-hybridized carbons (Fsp3) is 0.684. The smallest absolute Gasteiger partial charge is 0.418 e. The van der Waals surface area contributed by atoms with Gasteiger partial charge in [0.15, 0.2) is 0 Å². The van der Waals surface area contributed by atoms with E-state index in [-0.39, 0.29) is 17.2 Å². The summed E-state index contributed by atoms with van der Waals surface area (Å²) >= 11 is 0. The summed E-state index contributed by atoms with van der Waals surface area (Å²) in [4.78, 5) is 17.8. The first kappa shape index (κ1) is 19.0. The van der Waals surface area contributed by atoms with Gasteiger partial charge in [0.1, 0.15) is 5.60 Å². The minimum atomic E-state index is -4.35. The number of carbonyl (C=O) groups is 1. The lowest BCUT2D eigenvalue weighted by Gasteiger charge is -2.58. The van der Waals surface area contributed by atoms with Crippen LogP contribution in [0.4, 0.5) is 18.0 Å². The number of rotatable bonds is 2. The maximum absolute atomic E-state index is 12.8. The van der Waals surface area contributed by atoms with E-state index in [0.29, 0.717) is 31.1 Å². The van der Waals surface area contributed by atoms with Crippen LogP contribution in [-0.2, 0) is 17.3 Å². The SMILES string of the molecule is Cc1nc(CC2CC3(C2)CN(C(=O)OC(C)(C)C)C3)ccc1C(F)(F)F. The van der Waals surface area contributed by atoms with Gasteiger partial charge in [-0.3, -0.25) is 4.98 Å². The van der Waals surface area contributed by atoms with E-state index in [1.165, 1.54) is 13.0 Å². The van der Waals surface area contributed by atoms with Crippen LogP contribution >= 0.6 is 0 Å². The average molecular weight is 370 g/mol. The summed E-state index contributed by atoms with van der Waals surface area (Å²) in [5.74, 6) is 0.416. The summed E-state index contributed by atoms with van der Waals surface area (Å²) in [5.41, 5.74) is -0.253. The number of hydrogen-bond donors (Lipinski definition) is 0. The molecule has 0 unspecified atom stereocenters. The van der Waals surface area contributed by atoms with E-state index in [1.807, 2.05) is 20.8 Å². The third-order valence-electron chi connectivity index (χ3n) is 5.09. The van der Waals surface area contributed by atoms with Gasteiger partial charge in [0.2, 0.25) is 0 Å². The van der Waals surface area contributed by atoms with Gasteiger partial charge in [0.05, 0.1) is 5.56 Å². The highest BCUT2D eigenvalue weighted by molar-refractivity contribution is 5.69. The van der Waals surface area contributed by atoms with Crippen LogP contribution in [0.25, 0.3) is 0 Å². The van der Waals surface area contributed by atoms with E-state index < -0.39 is 17.3 Å². The highest BCUT2D eigenvalue weighted by atomic mass is 19.4. The Hall–Kier alpha value is -1.79. The summed E-state index contributed by atoms with van der Waals surface area (Å²) in [6.45, 7) is 8.35. The van der Waals surface area contributed by atoms with Gasteiger partial charge < -0.3 is 9.64 Å². The average Bonchev–Trinajstić information content (AvgIpc) is 2.36. The van der Waals surface area contributed by atoms with Gasteiger partial charge in [-0.2, -0.15) is 13.2 Å². The number of amides is 1. The largest absolute Gasteiger partial charge is 0.444 e. The molecule has 0 aromatic carbocycles. The van der Waals surface area contributed by atoms with Gasteiger partial charge in [-0.1, -0.05) is 0 Å². The molecular formula is C19H25F3N2O2. The number of nitrogens with zero attached hydrogens (tertiary/aromatic N) is 2. The number of ether oxygens (including phenoxy) is 1. The minimum Gasteiger partial charge on any atom is -0.444 e. The van der Waals surface area contributed by atoms with Crippen molar-refractivity contribution in [3.05, 3.63) is 29.1 Å². The van der Waals surface area contributed by atoms with Gasteiger partial charge in [0.25, 0.3) is 0 Å². The van der Waals surface area contributed by atoms with Gasteiger partial charge >= 0.3 is 12.3 Å². The molecule has 26 heavy (non-hydrogen) atoms. The fourth-order valence-electron chi connectivity index (χ4n) is 4.11.